The molecular formula is C12H16ClNO3S. The fourth-order valence-electron chi connectivity index (χ4n) is 1.18. The third-order valence-corrected chi connectivity index (χ3v) is 3.42. The molecule has 0 heterocycles. The Morgan fingerprint density at radius 2 is 2.06 bits per heavy atom. The molecule has 18 heavy (non-hydrogen) atoms. The highest BCUT2D eigenvalue weighted by Gasteiger charge is 2.05. The quantitative estimate of drug-likeness (QED) is 0.662. The summed E-state index contributed by atoms with van der Waals surface area (Å²) >= 11 is 7.33. The van der Waals surface area contributed by atoms with Crippen LogP contribution in [0, 0.1) is 0 Å². The van der Waals surface area contributed by atoms with Crippen LogP contribution < -0.4 is 5.32 Å². The number of nitrogens with one attached hydrogen (secondary N) is 1. The van der Waals surface area contributed by atoms with Gasteiger partial charge in [-0.05, 0) is 24.3 Å². The van der Waals surface area contributed by atoms with Gasteiger partial charge in [0.15, 0.2) is 0 Å². The minimum Gasteiger partial charge on any atom is -0.394 e. The van der Waals surface area contributed by atoms with Crippen LogP contribution in [0.4, 0.5) is 0 Å². The molecule has 1 rings (SSSR count). The van der Waals surface area contributed by atoms with Gasteiger partial charge in [0.2, 0.25) is 5.91 Å². The molecule has 6 heteroatoms. The van der Waals surface area contributed by atoms with Crippen LogP contribution in [0.15, 0.2) is 29.2 Å². The predicted molar refractivity (Wildman–Crippen MR) is 72.9 cm³/mol. The number of benzene rings is 1. The molecule has 0 aliphatic heterocycles. The molecule has 0 aliphatic rings. The number of carbonyl (C=O) groups excluding carboxylic acids is 1. The largest absolute Gasteiger partial charge is 0.394 e. The van der Waals surface area contributed by atoms with Crippen LogP contribution in [0.1, 0.15) is 6.42 Å². The normalized spacial score (nSPS) is 12.2. The molecule has 0 saturated carbocycles. The fraction of sp³-hybridized carbons (Fsp3) is 0.417. The second kappa shape index (κ2) is 8.37. The number of hydrogen-bond acceptors (Lipinski definition) is 4. The summed E-state index contributed by atoms with van der Waals surface area (Å²) < 4.78 is 0. The van der Waals surface area contributed by atoms with Crippen LogP contribution in [0.25, 0.3) is 0 Å². The molecule has 0 aromatic heterocycles. The molecule has 1 amide bonds. The summed E-state index contributed by atoms with van der Waals surface area (Å²) in [5.74, 6) is 0.520. The van der Waals surface area contributed by atoms with Crippen LogP contribution in [-0.4, -0.2) is 41.1 Å². The van der Waals surface area contributed by atoms with E-state index in [0.717, 1.165) is 4.90 Å². The maximum absolute atomic E-state index is 11.4. The van der Waals surface area contributed by atoms with Crippen LogP contribution in [0.2, 0.25) is 5.02 Å². The number of thioether (sulfide) groups is 1. The number of hydrogen-bond donors (Lipinski definition) is 3. The van der Waals surface area contributed by atoms with Crippen molar-refractivity contribution in [1.29, 1.82) is 0 Å². The van der Waals surface area contributed by atoms with Crippen molar-refractivity contribution < 1.29 is 15.0 Å². The summed E-state index contributed by atoms with van der Waals surface area (Å²) in [4.78, 5) is 12.4. The number of amides is 1. The molecule has 3 N–H and O–H groups in total. The van der Waals surface area contributed by atoms with E-state index in [1.54, 1.807) is 11.8 Å². The van der Waals surface area contributed by atoms with Gasteiger partial charge in [0.1, 0.15) is 0 Å². The van der Waals surface area contributed by atoms with Gasteiger partial charge in [-0.2, -0.15) is 0 Å². The number of carbonyl (C=O) groups is 1. The number of rotatable bonds is 7. The van der Waals surface area contributed by atoms with E-state index in [0.29, 0.717) is 17.2 Å². The van der Waals surface area contributed by atoms with Crippen LogP contribution in [-0.2, 0) is 4.79 Å². The van der Waals surface area contributed by atoms with Crippen molar-refractivity contribution in [2.75, 3.05) is 18.9 Å². The van der Waals surface area contributed by atoms with Crippen molar-refractivity contribution >= 4 is 29.3 Å². The van der Waals surface area contributed by atoms with Crippen molar-refractivity contribution in [2.45, 2.75) is 17.4 Å². The third kappa shape index (κ3) is 6.26. The van der Waals surface area contributed by atoms with Gasteiger partial charge in [-0.25, -0.2) is 0 Å². The van der Waals surface area contributed by atoms with Gasteiger partial charge >= 0.3 is 0 Å². The Balaban J connectivity index is 2.17. The maximum Gasteiger partial charge on any atom is 0.220 e. The molecule has 0 aliphatic carbocycles. The lowest BCUT2D eigenvalue weighted by atomic mass is 10.3. The maximum atomic E-state index is 11.4. The lowest BCUT2D eigenvalue weighted by molar-refractivity contribution is -0.121. The van der Waals surface area contributed by atoms with Crippen molar-refractivity contribution in [3.63, 3.8) is 0 Å². The van der Waals surface area contributed by atoms with E-state index >= 15 is 0 Å². The minimum atomic E-state index is -0.891. The summed E-state index contributed by atoms with van der Waals surface area (Å²) in [5, 5.41) is 20.9. The van der Waals surface area contributed by atoms with E-state index < -0.39 is 6.10 Å². The first kappa shape index (κ1) is 15.3. The SMILES string of the molecule is O=C(CCSc1ccc(Cl)cc1)NCC(O)CO. The van der Waals surface area contributed by atoms with Gasteiger partial charge in [-0.3, -0.25) is 4.79 Å². The second-order valence-electron chi connectivity index (χ2n) is 3.69. The van der Waals surface area contributed by atoms with Gasteiger partial charge in [-0.1, -0.05) is 11.6 Å². The van der Waals surface area contributed by atoms with E-state index in [9.17, 15) is 4.79 Å². The third-order valence-electron chi connectivity index (χ3n) is 2.16. The zero-order chi connectivity index (χ0) is 13.4. The van der Waals surface area contributed by atoms with Crippen LogP contribution in [0.5, 0.6) is 0 Å². The topological polar surface area (TPSA) is 69.6 Å². The fourth-order valence-corrected chi connectivity index (χ4v) is 2.15. The molecule has 1 atom stereocenters. The zero-order valence-corrected chi connectivity index (χ0v) is 11.4. The Hall–Kier alpha value is -0.750. The lowest BCUT2D eigenvalue weighted by Crippen LogP contribution is -2.33. The Labute approximate surface area is 115 Å². The molecule has 1 unspecified atom stereocenters. The van der Waals surface area contributed by atoms with Crippen molar-refractivity contribution in [3.05, 3.63) is 29.3 Å². The molecule has 100 valence electrons. The van der Waals surface area contributed by atoms with E-state index in [1.807, 2.05) is 24.3 Å². The number of halogens is 1. The number of aliphatic hydroxyl groups is 2. The summed E-state index contributed by atoms with van der Waals surface area (Å²) in [6.07, 6.45) is -0.524. The first-order valence-corrected chi connectivity index (χ1v) is 6.92. The molecule has 1 aromatic rings. The van der Waals surface area contributed by atoms with Crippen molar-refractivity contribution in [3.8, 4) is 0 Å². The van der Waals surface area contributed by atoms with E-state index in [2.05, 4.69) is 5.32 Å². The van der Waals surface area contributed by atoms with E-state index in [1.165, 1.54) is 0 Å². The monoisotopic (exact) mass is 289 g/mol. The van der Waals surface area contributed by atoms with Crippen molar-refractivity contribution in [2.24, 2.45) is 0 Å². The predicted octanol–water partition coefficient (Wildman–Crippen LogP) is 1.29. The Bertz CT molecular complexity index is 372. The van der Waals surface area contributed by atoms with E-state index in [4.69, 9.17) is 21.8 Å². The van der Waals surface area contributed by atoms with Crippen LogP contribution in [0.3, 0.4) is 0 Å². The highest BCUT2D eigenvalue weighted by atomic mass is 35.5. The smallest absolute Gasteiger partial charge is 0.220 e. The Morgan fingerprint density at radius 1 is 1.39 bits per heavy atom. The average molecular weight is 290 g/mol. The molecule has 0 bridgehead atoms. The molecule has 4 nitrogen and oxygen atoms in total. The van der Waals surface area contributed by atoms with Gasteiger partial charge in [0.25, 0.3) is 0 Å². The lowest BCUT2D eigenvalue weighted by Gasteiger charge is -2.08. The summed E-state index contributed by atoms with van der Waals surface area (Å²) in [7, 11) is 0. The average Bonchev–Trinajstić information content (AvgIpc) is 2.38. The highest BCUT2D eigenvalue weighted by Crippen LogP contribution is 2.20. The van der Waals surface area contributed by atoms with Gasteiger partial charge in [0.05, 0.1) is 12.7 Å². The summed E-state index contributed by atoms with van der Waals surface area (Å²) in [5.41, 5.74) is 0. The molecule has 0 radical (unpaired) electrons. The second-order valence-corrected chi connectivity index (χ2v) is 5.30. The Morgan fingerprint density at radius 3 is 2.67 bits per heavy atom. The number of aliphatic hydroxyl groups excluding tert-OH is 2. The summed E-state index contributed by atoms with van der Waals surface area (Å²) in [6, 6.07) is 7.42. The molecule has 0 fully saturated rings. The van der Waals surface area contributed by atoms with Crippen LogP contribution >= 0.6 is 23.4 Å². The Kier molecular flexibility index (Phi) is 7.12. The minimum absolute atomic E-state index is 0.0843. The van der Waals surface area contributed by atoms with Gasteiger partial charge in [0, 0.05) is 28.6 Å². The standard InChI is InChI=1S/C12H16ClNO3S/c13-9-1-3-11(4-2-9)18-6-5-12(17)14-7-10(16)8-15/h1-4,10,15-16H,5-8H2,(H,14,17). The van der Waals surface area contributed by atoms with Gasteiger partial charge < -0.3 is 15.5 Å². The molecule has 1 aromatic carbocycles. The highest BCUT2D eigenvalue weighted by molar-refractivity contribution is 7.99. The zero-order valence-electron chi connectivity index (χ0n) is 9.80. The first-order valence-electron chi connectivity index (χ1n) is 5.56. The first-order chi connectivity index (χ1) is 8.61. The molecule has 0 spiro atoms. The summed E-state index contributed by atoms with van der Waals surface area (Å²) in [6.45, 7) is -0.263. The molecular weight excluding hydrogens is 274 g/mol. The van der Waals surface area contributed by atoms with Gasteiger partial charge in [-0.15, -0.1) is 11.8 Å². The van der Waals surface area contributed by atoms with Crippen molar-refractivity contribution in [1.82, 2.24) is 5.32 Å². The van der Waals surface area contributed by atoms with E-state index in [-0.39, 0.29) is 19.1 Å². The molecule has 0 saturated heterocycles.